The van der Waals surface area contributed by atoms with E-state index in [9.17, 15) is 18.0 Å². The number of para-hydroxylation sites is 1. The van der Waals surface area contributed by atoms with E-state index in [-0.39, 0.29) is 5.56 Å². The van der Waals surface area contributed by atoms with Gasteiger partial charge < -0.3 is 5.32 Å². The van der Waals surface area contributed by atoms with Crippen LogP contribution in [0.5, 0.6) is 0 Å². The summed E-state index contributed by atoms with van der Waals surface area (Å²) in [5, 5.41) is 4.35. The maximum Gasteiger partial charge on any atom is 0.416 e. The number of alkyl halides is 3. The summed E-state index contributed by atoms with van der Waals surface area (Å²) in [6.45, 7) is 4.75. The van der Waals surface area contributed by atoms with Gasteiger partial charge in [0.05, 0.1) is 15.8 Å². The van der Waals surface area contributed by atoms with Gasteiger partial charge in [-0.2, -0.15) is 13.2 Å². The van der Waals surface area contributed by atoms with E-state index in [2.05, 4.69) is 17.1 Å². The Kier molecular flexibility index (Phi) is 5.72. The number of carbonyl (C=O) groups excluding carboxylic acids is 1. The third-order valence-corrected chi connectivity index (χ3v) is 7.96. The van der Waals surface area contributed by atoms with E-state index in [0.29, 0.717) is 5.00 Å². The number of benzene rings is 2. The fourth-order valence-corrected chi connectivity index (χ4v) is 6.43. The predicted octanol–water partition coefficient (Wildman–Crippen LogP) is 6.67. The molecular formula is C24H20F3N3OS2. The number of fused-ring (bicyclic) bond motifs is 2. The largest absolute Gasteiger partial charge is 0.416 e. The van der Waals surface area contributed by atoms with Crippen LogP contribution in [0, 0.1) is 0 Å². The highest BCUT2D eigenvalue weighted by molar-refractivity contribution is 7.23. The Morgan fingerprint density at radius 3 is 2.73 bits per heavy atom. The molecule has 1 N–H and O–H groups in total. The molecule has 0 aliphatic carbocycles. The number of rotatable bonds is 4. The number of nitrogens with one attached hydrogen (secondary N) is 1. The first-order chi connectivity index (χ1) is 15.8. The Morgan fingerprint density at radius 2 is 1.97 bits per heavy atom. The Morgan fingerprint density at radius 1 is 1.15 bits per heavy atom. The fraction of sp³-hybridized carbons (Fsp3) is 0.250. The smallest absolute Gasteiger partial charge is 0.313 e. The molecule has 9 heteroatoms. The summed E-state index contributed by atoms with van der Waals surface area (Å²) in [5.41, 5.74) is 2.08. The van der Waals surface area contributed by atoms with Crippen LogP contribution in [-0.4, -0.2) is 28.9 Å². The number of hydrogen-bond acceptors (Lipinski definition) is 5. The first kappa shape index (κ1) is 22.1. The van der Waals surface area contributed by atoms with Gasteiger partial charge >= 0.3 is 6.18 Å². The number of aromatic nitrogens is 1. The zero-order valence-corrected chi connectivity index (χ0v) is 19.3. The van der Waals surface area contributed by atoms with Crippen molar-refractivity contribution in [2.24, 2.45) is 0 Å². The molecule has 1 amide bonds. The summed E-state index contributed by atoms with van der Waals surface area (Å²) < 4.78 is 40.4. The van der Waals surface area contributed by atoms with Gasteiger partial charge in [-0.15, -0.1) is 22.7 Å². The lowest BCUT2D eigenvalue weighted by Crippen LogP contribution is -2.29. The van der Waals surface area contributed by atoms with Crippen LogP contribution >= 0.6 is 22.7 Å². The molecular weight excluding hydrogens is 467 g/mol. The van der Waals surface area contributed by atoms with Gasteiger partial charge in [0.1, 0.15) is 10.0 Å². The van der Waals surface area contributed by atoms with Gasteiger partial charge in [0.2, 0.25) is 0 Å². The summed E-state index contributed by atoms with van der Waals surface area (Å²) >= 11 is 3.05. The molecule has 0 unspecified atom stereocenters. The number of thiazole rings is 1. The summed E-state index contributed by atoms with van der Waals surface area (Å²) in [7, 11) is 0. The van der Waals surface area contributed by atoms with Crippen molar-refractivity contribution in [3.05, 3.63) is 70.1 Å². The van der Waals surface area contributed by atoms with Crippen LogP contribution in [0.25, 0.3) is 20.8 Å². The van der Waals surface area contributed by atoms with Crippen LogP contribution in [0.2, 0.25) is 0 Å². The number of amides is 1. The van der Waals surface area contributed by atoms with Gasteiger partial charge in [0.15, 0.2) is 0 Å². The molecule has 0 radical (unpaired) electrons. The van der Waals surface area contributed by atoms with E-state index < -0.39 is 17.6 Å². The van der Waals surface area contributed by atoms with Crippen molar-refractivity contribution in [2.75, 3.05) is 18.4 Å². The van der Waals surface area contributed by atoms with Crippen LogP contribution in [-0.2, 0) is 19.1 Å². The SMILES string of the molecule is CCN1CCc2c(sc(NC(=O)c3cccc(C(F)(F)F)c3)c2-c2nc3ccccc3s2)C1. The van der Waals surface area contributed by atoms with Crippen LogP contribution in [0.15, 0.2) is 48.5 Å². The predicted molar refractivity (Wildman–Crippen MR) is 127 cm³/mol. The molecule has 0 bridgehead atoms. The number of nitrogens with zero attached hydrogens (tertiary/aromatic N) is 2. The Balaban J connectivity index is 1.56. The standard InChI is InChI=1S/C24H20F3N3OS2/c1-2-30-11-10-16-19(13-30)33-23(20(16)22-28-17-8-3-4-9-18(17)32-22)29-21(31)14-6-5-7-15(12-14)24(25,26)27/h3-9,12H,2,10-11,13H2,1H3,(H,29,31). The average Bonchev–Trinajstić information content (AvgIpc) is 3.38. The number of hydrogen-bond donors (Lipinski definition) is 1. The second-order valence-electron chi connectivity index (χ2n) is 7.85. The first-order valence-electron chi connectivity index (χ1n) is 10.5. The number of likely N-dealkylation sites (N-methyl/N-ethyl adjacent to an activating group) is 1. The number of carbonyl (C=O) groups is 1. The minimum Gasteiger partial charge on any atom is -0.313 e. The molecule has 0 saturated carbocycles. The number of halogens is 3. The molecule has 0 spiro atoms. The van der Waals surface area contributed by atoms with Crippen molar-refractivity contribution in [1.82, 2.24) is 9.88 Å². The van der Waals surface area contributed by atoms with Crippen molar-refractivity contribution in [1.29, 1.82) is 0 Å². The van der Waals surface area contributed by atoms with Crippen molar-refractivity contribution in [2.45, 2.75) is 26.1 Å². The van der Waals surface area contributed by atoms with Gasteiger partial charge in [-0.3, -0.25) is 9.69 Å². The monoisotopic (exact) mass is 487 g/mol. The molecule has 4 aromatic rings. The Labute approximate surface area is 196 Å². The maximum atomic E-state index is 13.1. The molecule has 2 aromatic heterocycles. The highest BCUT2D eigenvalue weighted by atomic mass is 32.1. The average molecular weight is 488 g/mol. The fourth-order valence-electron chi connectivity index (χ4n) is 4.03. The molecule has 5 rings (SSSR count). The zero-order valence-electron chi connectivity index (χ0n) is 17.7. The van der Waals surface area contributed by atoms with E-state index in [4.69, 9.17) is 4.98 Å². The summed E-state index contributed by atoms with van der Waals surface area (Å²) in [6, 6.07) is 12.4. The van der Waals surface area contributed by atoms with Crippen LogP contribution in [0.4, 0.5) is 18.2 Å². The molecule has 0 atom stereocenters. The highest BCUT2D eigenvalue weighted by Gasteiger charge is 2.31. The minimum absolute atomic E-state index is 0.0263. The molecule has 1 aliphatic rings. The van der Waals surface area contributed by atoms with E-state index in [0.717, 1.165) is 63.9 Å². The van der Waals surface area contributed by atoms with Gasteiger partial charge in [0, 0.05) is 29.1 Å². The molecule has 33 heavy (non-hydrogen) atoms. The topological polar surface area (TPSA) is 45.2 Å². The van der Waals surface area contributed by atoms with Crippen LogP contribution < -0.4 is 5.32 Å². The van der Waals surface area contributed by atoms with Crippen molar-refractivity contribution in [3.63, 3.8) is 0 Å². The van der Waals surface area contributed by atoms with Gasteiger partial charge in [-0.1, -0.05) is 25.1 Å². The normalized spacial score (nSPS) is 14.4. The van der Waals surface area contributed by atoms with Crippen molar-refractivity contribution < 1.29 is 18.0 Å². The molecule has 1 aliphatic heterocycles. The Hall–Kier alpha value is -2.75. The lowest BCUT2D eigenvalue weighted by atomic mass is 10.0. The highest BCUT2D eigenvalue weighted by Crippen LogP contribution is 2.45. The van der Waals surface area contributed by atoms with E-state index in [1.54, 1.807) is 11.3 Å². The third-order valence-electron chi connectivity index (χ3n) is 5.77. The molecule has 3 heterocycles. The van der Waals surface area contributed by atoms with Gasteiger partial charge in [-0.05, 0) is 48.9 Å². The second kappa shape index (κ2) is 8.55. The molecule has 2 aromatic carbocycles. The minimum atomic E-state index is -4.51. The Bertz CT molecular complexity index is 1310. The van der Waals surface area contributed by atoms with Crippen molar-refractivity contribution >= 4 is 43.8 Å². The molecule has 0 fully saturated rings. The molecule has 170 valence electrons. The lowest BCUT2D eigenvalue weighted by Gasteiger charge is -2.25. The maximum absolute atomic E-state index is 13.1. The van der Waals surface area contributed by atoms with Gasteiger partial charge in [0.25, 0.3) is 5.91 Å². The number of anilines is 1. The quantitative estimate of drug-likeness (QED) is 0.350. The molecule has 4 nitrogen and oxygen atoms in total. The summed E-state index contributed by atoms with van der Waals surface area (Å²) in [5.74, 6) is -0.561. The molecule has 0 saturated heterocycles. The van der Waals surface area contributed by atoms with E-state index in [1.807, 2.05) is 24.3 Å². The van der Waals surface area contributed by atoms with E-state index in [1.165, 1.54) is 29.0 Å². The number of thiophene rings is 1. The van der Waals surface area contributed by atoms with Crippen LogP contribution in [0.1, 0.15) is 33.3 Å². The summed E-state index contributed by atoms with van der Waals surface area (Å²) in [4.78, 5) is 21.3. The second-order valence-corrected chi connectivity index (χ2v) is 9.98. The summed E-state index contributed by atoms with van der Waals surface area (Å²) in [6.07, 6.45) is -3.67. The van der Waals surface area contributed by atoms with Crippen molar-refractivity contribution in [3.8, 4) is 10.6 Å². The third kappa shape index (κ3) is 4.28. The van der Waals surface area contributed by atoms with Gasteiger partial charge in [-0.25, -0.2) is 4.98 Å². The zero-order chi connectivity index (χ0) is 23.2. The van der Waals surface area contributed by atoms with E-state index >= 15 is 0 Å². The first-order valence-corrected chi connectivity index (χ1v) is 12.2. The van der Waals surface area contributed by atoms with Crippen LogP contribution in [0.3, 0.4) is 0 Å². The lowest BCUT2D eigenvalue weighted by molar-refractivity contribution is -0.137.